The molecule has 1 fully saturated rings. The Morgan fingerprint density at radius 3 is 2.80 bits per heavy atom. The molecule has 1 aliphatic rings. The third-order valence-electron chi connectivity index (χ3n) is 4.00. The summed E-state index contributed by atoms with van der Waals surface area (Å²) in [5, 5.41) is 9.98. The highest BCUT2D eigenvalue weighted by molar-refractivity contribution is 6.30. The summed E-state index contributed by atoms with van der Waals surface area (Å²) in [6, 6.07) is 13.7. The van der Waals surface area contributed by atoms with Gasteiger partial charge in [-0.05, 0) is 35.8 Å². The number of halogens is 2. The zero-order chi connectivity index (χ0) is 17.8. The molecule has 1 heterocycles. The second-order valence-corrected chi connectivity index (χ2v) is 6.16. The van der Waals surface area contributed by atoms with Crippen molar-refractivity contribution >= 4 is 23.6 Å². The van der Waals surface area contributed by atoms with E-state index in [-0.39, 0.29) is 17.7 Å². The van der Waals surface area contributed by atoms with Gasteiger partial charge in [0.1, 0.15) is 5.82 Å². The number of ether oxygens (including phenoxy) is 1. The Kier molecular flexibility index (Phi) is 5.48. The van der Waals surface area contributed by atoms with Gasteiger partial charge in [-0.1, -0.05) is 48.0 Å². The first-order valence-corrected chi connectivity index (χ1v) is 8.21. The summed E-state index contributed by atoms with van der Waals surface area (Å²) in [7, 11) is 0. The molecule has 1 saturated heterocycles. The quantitative estimate of drug-likeness (QED) is 0.850. The minimum absolute atomic E-state index is 0.0229. The smallest absolute Gasteiger partial charge is 0.250 e. The van der Waals surface area contributed by atoms with Crippen LogP contribution in [0.1, 0.15) is 11.1 Å². The standard InChI is InChI=1S/C19H17ClFNO3/c20-16-8-6-14(11-17(16)21)7-9-18(23)22-15(12-25-19(22)24)10-13-4-2-1-3-5-13/h1-9,11,15,19,24H,10,12H2/b9-7+/t15-,19?/m0/s1. The molecule has 1 amide bonds. The maximum absolute atomic E-state index is 13.4. The van der Waals surface area contributed by atoms with Gasteiger partial charge >= 0.3 is 0 Å². The van der Waals surface area contributed by atoms with Gasteiger partial charge in [0.25, 0.3) is 5.91 Å². The molecule has 0 saturated carbocycles. The van der Waals surface area contributed by atoms with Gasteiger partial charge < -0.3 is 9.84 Å². The highest BCUT2D eigenvalue weighted by Crippen LogP contribution is 2.21. The molecule has 2 atom stereocenters. The molecule has 130 valence electrons. The van der Waals surface area contributed by atoms with Crippen LogP contribution in [0.5, 0.6) is 0 Å². The minimum atomic E-state index is -1.28. The number of carbonyl (C=O) groups is 1. The van der Waals surface area contributed by atoms with Crippen molar-refractivity contribution in [2.45, 2.75) is 18.9 Å². The zero-order valence-corrected chi connectivity index (χ0v) is 14.1. The lowest BCUT2D eigenvalue weighted by atomic mass is 10.1. The molecule has 0 aliphatic carbocycles. The third kappa shape index (κ3) is 4.25. The van der Waals surface area contributed by atoms with Crippen LogP contribution in [0.3, 0.4) is 0 Å². The average molecular weight is 362 g/mol. The molecule has 0 aromatic heterocycles. The van der Waals surface area contributed by atoms with E-state index in [2.05, 4.69) is 0 Å². The van der Waals surface area contributed by atoms with Crippen molar-refractivity contribution in [3.05, 3.63) is 76.6 Å². The molecule has 4 nitrogen and oxygen atoms in total. The second-order valence-electron chi connectivity index (χ2n) is 5.76. The molecule has 2 aromatic rings. The maximum atomic E-state index is 13.4. The van der Waals surface area contributed by atoms with E-state index in [9.17, 15) is 14.3 Å². The van der Waals surface area contributed by atoms with E-state index in [0.717, 1.165) is 5.56 Å². The van der Waals surface area contributed by atoms with Crippen LogP contribution in [-0.2, 0) is 16.0 Å². The van der Waals surface area contributed by atoms with Gasteiger partial charge in [0.15, 0.2) is 0 Å². The van der Waals surface area contributed by atoms with Crippen LogP contribution >= 0.6 is 11.6 Å². The predicted octanol–water partition coefficient (Wildman–Crippen LogP) is 3.24. The van der Waals surface area contributed by atoms with E-state index in [0.29, 0.717) is 12.0 Å². The Morgan fingerprint density at radius 2 is 2.08 bits per heavy atom. The lowest BCUT2D eigenvalue weighted by Gasteiger charge is -2.24. The van der Waals surface area contributed by atoms with Crippen LogP contribution in [0, 0.1) is 5.82 Å². The average Bonchev–Trinajstić information content (AvgIpc) is 2.97. The maximum Gasteiger partial charge on any atom is 0.250 e. The van der Waals surface area contributed by atoms with Gasteiger partial charge in [-0.3, -0.25) is 9.69 Å². The van der Waals surface area contributed by atoms with Crippen LogP contribution in [0.15, 0.2) is 54.6 Å². The summed E-state index contributed by atoms with van der Waals surface area (Å²) in [4.78, 5) is 13.7. The highest BCUT2D eigenvalue weighted by atomic mass is 35.5. The number of amides is 1. The fourth-order valence-corrected chi connectivity index (χ4v) is 2.86. The fraction of sp³-hybridized carbons (Fsp3) is 0.211. The molecule has 2 aromatic carbocycles. The Hall–Kier alpha value is -2.21. The first-order chi connectivity index (χ1) is 12.0. The highest BCUT2D eigenvalue weighted by Gasteiger charge is 2.35. The molecular formula is C19H17ClFNO3. The molecule has 0 radical (unpaired) electrons. The molecule has 1 unspecified atom stereocenters. The number of aliphatic hydroxyl groups excluding tert-OH is 1. The van der Waals surface area contributed by atoms with Crippen molar-refractivity contribution < 1.29 is 19.0 Å². The molecular weight excluding hydrogens is 345 g/mol. The third-order valence-corrected chi connectivity index (χ3v) is 4.31. The Bertz CT molecular complexity index is 781. The van der Waals surface area contributed by atoms with E-state index < -0.39 is 18.1 Å². The summed E-state index contributed by atoms with van der Waals surface area (Å²) in [5.41, 5.74) is 1.55. The van der Waals surface area contributed by atoms with Crippen molar-refractivity contribution in [2.75, 3.05) is 6.61 Å². The van der Waals surface area contributed by atoms with Crippen LogP contribution in [0.4, 0.5) is 4.39 Å². The van der Waals surface area contributed by atoms with Crippen LogP contribution in [-0.4, -0.2) is 35.0 Å². The first-order valence-electron chi connectivity index (χ1n) is 7.83. The Labute approximate surface area is 150 Å². The van der Waals surface area contributed by atoms with Gasteiger partial charge in [0.05, 0.1) is 17.7 Å². The molecule has 1 aliphatic heterocycles. The van der Waals surface area contributed by atoms with Crippen molar-refractivity contribution in [3.63, 3.8) is 0 Å². The largest absolute Gasteiger partial charge is 0.351 e. The van der Waals surface area contributed by atoms with Crippen molar-refractivity contribution in [3.8, 4) is 0 Å². The Morgan fingerprint density at radius 1 is 1.32 bits per heavy atom. The SMILES string of the molecule is O=C(/C=C/c1ccc(Cl)c(F)c1)N1C(O)OC[C@@H]1Cc1ccccc1. The normalized spacial score (nSPS) is 20.4. The predicted molar refractivity (Wildman–Crippen MR) is 93.2 cm³/mol. The van der Waals surface area contributed by atoms with Gasteiger partial charge in [-0.2, -0.15) is 0 Å². The van der Waals surface area contributed by atoms with E-state index in [4.69, 9.17) is 16.3 Å². The monoisotopic (exact) mass is 361 g/mol. The van der Waals surface area contributed by atoms with Gasteiger partial charge in [-0.15, -0.1) is 0 Å². The van der Waals surface area contributed by atoms with Crippen LogP contribution < -0.4 is 0 Å². The molecule has 0 spiro atoms. The van der Waals surface area contributed by atoms with Gasteiger partial charge in [-0.25, -0.2) is 4.39 Å². The van der Waals surface area contributed by atoms with E-state index >= 15 is 0 Å². The number of hydrogen-bond acceptors (Lipinski definition) is 3. The topological polar surface area (TPSA) is 49.8 Å². The number of benzene rings is 2. The first kappa shape index (κ1) is 17.6. The van der Waals surface area contributed by atoms with E-state index in [1.165, 1.54) is 29.2 Å². The number of aliphatic hydroxyl groups is 1. The number of nitrogens with zero attached hydrogens (tertiary/aromatic N) is 1. The second kappa shape index (κ2) is 7.78. The van der Waals surface area contributed by atoms with Crippen LogP contribution in [0.2, 0.25) is 5.02 Å². The van der Waals surface area contributed by atoms with Crippen molar-refractivity contribution in [1.29, 1.82) is 0 Å². The van der Waals surface area contributed by atoms with Gasteiger partial charge in [0.2, 0.25) is 6.41 Å². The van der Waals surface area contributed by atoms with Gasteiger partial charge in [0, 0.05) is 6.08 Å². The summed E-state index contributed by atoms with van der Waals surface area (Å²) in [6.45, 7) is 0.255. The molecule has 0 bridgehead atoms. The number of hydrogen-bond donors (Lipinski definition) is 1. The molecule has 3 rings (SSSR count). The Balaban J connectivity index is 1.72. The fourth-order valence-electron chi connectivity index (χ4n) is 2.74. The summed E-state index contributed by atoms with van der Waals surface area (Å²) in [6.07, 6.45) is 2.06. The minimum Gasteiger partial charge on any atom is -0.351 e. The summed E-state index contributed by atoms with van der Waals surface area (Å²) >= 11 is 5.64. The zero-order valence-electron chi connectivity index (χ0n) is 13.3. The molecule has 25 heavy (non-hydrogen) atoms. The number of carbonyl (C=O) groups excluding carboxylic acids is 1. The van der Waals surface area contributed by atoms with Crippen molar-refractivity contribution in [2.24, 2.45) is 0 Å². The van der Waals surface area contributed by atoms with E-state index in [1.54, 1.807) is 6.07 Å². The van der Waals surface area contributed by atoms with Crippen LogP contribution in [0.25, 0.3) is 6.08 Å². The lowest BCUT2D eigenvalue weighted by molar-refractivity contribution is -0.160. The lowest BCUT2D eigenvalue weighted by Crippen LogP contribution is -2.42. The van der Waals surface area contributed by atoms with E-state index in [1.807, 2.05) is 30.3 Å². The summed E-state index contributed by atoms with van der Waals surface area (Å²) < 4.78 is 18.7. The molecule has 6 heteroatoms. The van der Waals surface area contributed by atoms with Crippen molar-refractivity contribution in [1.82, 2.24) is 4.90 Å². The number of rotatable bonds is 4. The molecule has 1 N–H and O–H groups in total. The summed E-state index contributed by atoms with van der Waals surface area (Å²) in [5.74, 6) is -0.955.